The Balaban J connectivity index is 1.37. The fourth-order valence-electron chi connectivity index (χ4n) is 6.31. The van der Waals surface area contributed by atoms with Gasteiger partial charge in [-0.1, -0.05) is 24.4 Å². The van der Waals surface area contributed by atoms with E-state index in [1.165, 1.54) is 0 Å². The quantitative estimate of drug-likeness (QED) is 0.494. The summed E-state index contributed by atoms with van der Waals surface area (Å²) in [5.41, 5.74) is 2.22. The molecular weight excluding hydrogens is 522 g/mol. The minimum Gasteiger partial charge on any atom is -0.487 e. The number of amides is 2. The summed E-state index contributed by atoms with van der Waals surface area (Å²) in [5.74, 6) is -1.44. The van der Waals surface area contributed by atoms with Crippen LogP contribution >= 0.6 is 11.6 Å². The van der Waals surface area contributed by atoms with Gasteiger partial charge < -0.3 is 19.6 Å². The number of hydrogen-bond acceptors (Lipinski definition) is 6. The first kappa shape index (κ1) is 25.6. The summed E-state index contributed by atoms with van der Waals surface area (Å²) in [6.45, 7) is 1.02. The van der Waals surface area contributed by atoms with Crippen molar-refractivity contribution in [2.24, 2.45) is 11.8 Å². The van der Waals surface area contributed by atoms with Gasteiger partial charge in [-0.05, 0) is 49.4 Å². The number of likely N-dealkylation sites (tertiary alicyclic amines) is 1. The Labute approximate surface area is 230 Å². The van der Waals surface area contributed by atoms with Crippen LogP contribution in [0, 0.1) is 11.8 Å². The number of nitrogens with zero attached hydrogens (tertiary/aromatic N) is 5. The third kappa shape index (κ3) is 4.71. The Kier molecular flexibility index (Phi) is 6.88. The van der Waals surface area contributed by atoms with Crippen molar-refractivity contribution in [1.82, 2.24) is 24.2 Å². The number of carbonyl (C=O) groups is 3. The van der Waals surface area contributed by atoms with Gasteiger partial charge in [-0.15, -0.1) is 0 Å². The fraction of sp³-hybridized carbons (Fsp3) is 0.464. The summed E-state index contributed by atoms with van der Waals surface area (Å²) in [6, 6.07) is 5.37. The van der Waals surface area contributed by atoms with Crippen LogP contribution in [-0.2, 0) is 27.4 Å². The first-order valence-corrected chi connectivity index (χ1v) is 13.9. The van der Waals surface area contributed by atoms with Crippen molar-refractivity contribution in [3.63, 3.8) is 0 Å². The lowest BCUT2D eigenvalue weighted by Gasteiger charge is -2.45. The number of carboxylic acid groups (broad SMARTS) is 1. The van der Waals surface area contributed by atoms with Gasteiger partial charge in [0.05, 0.1) is 17.5 Å². The molecule has 3 aliphatic rings. The van der Waals surface area contributed by atoms with Crippen LogP contribution in [0.3, 0.4) is 0 Å². The highest BCUT2D eigenvalue weighted by atomic mass is 35.5. The summed E-state index contributed by atoms with van der Waals surface area (Å²) in [5, 5.41) is 10.4. The molecule has 204 valence electrons. The van der Waals surface area contributed by atoms with Crippen LogP contribution in [0.25, 0.3) is 5.78 Å². The van der Waals surface area contributed by atoms with E-state index in [0.717, 1.165) is 18.4 Å². The van der Waals surface area contributed by atoms with Crippen molar-refractivity contribution in [3.8, 4) is 5.75 Å². The average molecular weight is 552 g/mol. The first-order chi connectivity index (χ1) is 18.9. The van der Waals surface area contributed by atoms with Crippen molar-refractivity contribution in [2.45, 2.75) is 57.7 Å². The van der Waals surface area contributed by atoms with E-state index in [2.05, 4.69) is 9.97 Å². The molecular formula is C28H30ClN5O5. The number of aliphatic carboxylic acids is 1. The van der Waals surface area contributed by atoms with Gasteiger partial charge in [0.25, 0.3) is 0 Å². The molecule has 0 spiro atoms. The van der Waals surface area contributed by atoms with Gasteiger partial charge in [-0.25, -0.2) is 9.97 Å². The molecule has 2 amide bonds. The molecule has 3 aromatic rings. The van der Waals surface area contributed by atoms with Crippen molar-refractivity contribution >= 4 is 35.2 Å². The zero-order valence-electron chi connectivity index (χ0n) is 21.5. The number of aromatic nitrogens is 3. The monoisotopic (exact) mass is 551 g/mol. The van der Waals surface area contributed by atoms with E-state index >= 15 is 0 Å². The highest BCUT2D eigenvalue weighted by Crippen LogP contribution is 2.45. The van der Waals surface area contributed by atoms with E-state index in [1.54, 1.807) is 28.1 Å². The molecule has 11 heteroatoms. The van der Waals surface area contributed by atoms with E-state index in [1.807, 2.05) is 22.9 Å². The normalized spacial score (nSPS) is 23.2. The molecule has 1 saturated heterocycles. The van der Waals surface area contributed by atoms with Gasteiger partial charge in [0, 0.05) is 48.7 Å². The molecule has 39 heavy (non-hydrogen) atoms. The molecule has 2 fully saturated rings. The summed E-state index contributed by atoms with van der Waals surface area (Å²) in [7, 11) is 0. The first-order valence-electron chi connectivity index (χ1n) is 13.5. The van der Waals surface area contributed by atoms with Crippen LogP contribution in [0.4, 0.5) is 0 Å². The predicted octanol–water partition coefficient (Wildman–Crippen LogP) is 3.86. The lowest BCUT2D eigenvalue weighted by atomic mass is 9.78. The molecule has 2 aromatic heterocycles. The number of hydrogen-bond donors (Lipinski definition) is 1. The number of fused-ring (bicyclic) bond motifs is 2. The maximum atomic E-state index is 14.1. The molecule has 3 unspecified atom stereocenters. The summed E-state index contributed by atoms with van der Waals surface area (Å²) >= 11 is 6.67. The van der Waals surface area contributed by atoms with Crippen molar-refractivity contribution in [3.05, 3.63) is 58.6 Å². The fourth-order valence-corrected chi connectivity index (χ4v) is 6.57. The number of benzene rings is 1. The summed E-state index contributed by atoms with van der Waals surface area (Å²) in [4.78, 5) is 51.4. The Hall–Kier alpha value is -3.66. The topological polar surface area (TPSA) is 117 Å². The van der Waals surface area contributed by atoms with Gasteiger partial charge in [0.2, 0.25) is 17.6 Å². The van der Waals surface area contributed by atoms with Gasteiger partial charge in [0.15, 0.2) is 0 Å². The smallest absolute Gasteiger partial charge is 0.307 e. The second-order valence-electron chi connectivity index (χ2n) is 10.5. The Bertz CT molecular complexity index is 1410. The second-order valence-corrected chi connectivity index (χ2v) is 10.9. The average Bonchev–Trinajstić information content (AvgIpc) is 3.57. The zero-order chi connectivity index (χ0) is 27.1. The highest BCUT2D eigenvalue weighted by molar-refractivity contribution is 6.31. The van der Waals surface area contributed by atoms with Gasteiger partial charge in [0.1, 0.15) is 18.5 Å². The Morgan fingerprint density at radius 3 is 2.67 bits per heavy atom. The molecule has 1 aliphatic carbocycles. The minimum absolute atomic E-state index is 0.0403. The van der Waals surface area contributed by atoms with Gasteiger partial charge in [-0.3, -0.25) is 18.8 Å². The van der Waals surface area contributed by atoms with Crippen LogP contribution in [0.1, 0.15) is 61.5 Å². The van der Waals surface area contributed by atoms with E-state index in [-0.39, 0.29) is 18.4 Å². The largest absolute Gasteiger partial charge is 0.487 e. The van der Waals surface area contributed by atoms with Crippen LogP contribution in [0.2, 0.25) is 5.02 Å². The van der Waals surface area contributed by atoms with E-state index in [9.17, 15) is 19.5 Å². The summed E-state index contributed by atoms with van der Waals surface area (Å²) in [6.07, 6.45) is 8.87. The Morgan fingerprint density at radius 1 is 1.10 bits per heavy atom. The molecule has 3 atom stereocenters. The van der Waals surface area contributed by atoms with Crippen LogP contribution in [0.15, 0.2) is 36.8 Å². The SMILES string of the molecule is O=C(O)C1CCCCC1C(=O)N1CCc2c(Cl)ccc(OCc3cn4cccnc4n3)c2C1N1CCCC1=O. The number of imidazole rings is 1. The third-order valence-electron chi connectivity index (χ3n) is 8.17. The molecule has 1 aromatic carbocycles. The lowest BCUT2D eigenvalue weighted by molar-refractivity contribution is -0.157. The van der Waals surface area contributed by atoms with E-state index in [4.69, 9.17) is 16.3 Å². The Morgan fingerprint density at radius 2 is 1.92 bits per heavy atom. The standard InChI is InChI=1S/C28H30ClN5O5/c29-21-8-9-22(39-16-17-15-32-12-4-11-30-28(32)31-17)24-20(21)10-14-34(25(24)33-13-3-7-23(33)35)26(36)18-5-1-2-6-19(18)27(37)38/h4,8-9,11-12,15,18-19,25H,1-3,5-7,10,13-14,16H2,(H,37,38). The van der Waals surface area contributed by atoms with Gasteiger partial charge in [-0.2, -0.15) is 0 Å². The van der Waals surface area contributed by atoms with E-state index < -0.39 is 24.0 Å². The minimum atomic E-state index is -0.937. The summed E-state index contributed by atoms with van der Waals surface area (Å²) < 4.78 is 8.11. The highest BCUT2D eigenvalue weighted by Gasteiger charge is 2.46. The molecule has 2 aliphatic heterocycles. The molecule has 1 N–H and O–H groups in total. The van der Waals surface area contributed by atoms with E-state index in [0.29, 0.717) is 73.0 Å². The third-order valence-corrected chi connectivity index (χ3v) is 8.52. The van der Waals surface area contributed by atoms with Crippen LogP contribution in [-0.4, -0.2) is 60.1 Å². The number of carboxylic acids is 1. The van der Waals surface area contributed by atoms with Crippen molar-refractivity contribution in [1.29, 1.82) is 0 Å². The number of carbonyl (C=O) groups excluding carboxylic acids is 2. The number of halogens is 1. The van der Waals surface area contributed by atoms with Crippen molar-refractivity contribution < 1.29 is 24.2 Å². The number of rotatable bonds is 6. The maximum absolute atomic E-state index is 14.1. The van der Waals surface area contributed by atoms with Crippen LogP contribution in [0.5, 0.6) is 5.75 Å². The zero-order valence-corrected chi connectivity index (χ0v) is 22.2. The number of ether oxygens (including phenoxy) is 1. The predicted molar refractivity (Wildman–Crippen MR) is 141 cm³/mol. The molecule has 1 saturated carbocycles. The van der Waals surface area contributed by atoms with Gasteiger partial charge >= 0.3 is 5.97 Å². The molecule has 10 nitrogen and oxygen atoms in total. The molecule has 0 bridgehead atoms. The lowest BCUT2D eigenvalue weighted by Crippen LogP contribution is -2.52. The molecule has 4 heterocycles. The van der Waals surface area contributed by atoms with Crippen molar-refractivity contribution in [2.75, 3.05) is 13.1 Å². The molecule has 0 radical (unpaired) electrons. The maximum Gasteiger partial charge on any atom is 0.307 e. The van der Waals surface area contributed by atoms with Crippen LogP contribution < -0.4 is 4.74 Å². The molecule has 6 rings (SSSR count). The second kappa shape index (κ2) is 10.5.